The first-order valence-electron chi connectivity index (χ1n) is 9.47. The van der Waals surface area contributed by atoms with Gasteiger partial charge in [0.15, 0.2) is 0 Å². The molecule has 1 saturated heterocycles. The molecule has 26 heavy (non-hydrogen) atoms. The number of nitrogens with zero attached hydrogens (tertiary/aromatic N) is 1. The summed E-state index contributed by atoms with van der Waals surface area (Å²) in [5, 5.41) is 10.4. The Bertz CT molecular complexity index is 614. The van der Waals surface area contributed by atoms with Gasteiger partial charge in [-0.05, 0) is 24.0 Å². The Hall–Kier alpha value is -1.72. The van der Waals surface area contributed by atoms with Crippen LogP contribution >= 0.6 is 0 Å². The molecule has 1 aliphatic rings. The Kier molecular flexibility index (Phi) is 7.65. The molecule has 0 spiro atoms. The van der Waals surface area contributed by atoms with Crippen molar-refractivity contribution in [1.29, 1.82) is 0 Å². The highest BCUT2D eigenvalue weighted by molar-refractivity contribution is 5.15. The summed E-state index contributed by atoms with van der Waals surface area (Å²) in [4.78, 5) is 2.28. The van der Waals surface area contributed by atoms with Crippen molar-refractivity contribution in [2.75, 3.05) is 26.3 Å². The molecular formula is C22H29NO3. The van der Waals surface area contributed by atoms with Gasteiger partial charge < -0.3 is 14.6 Å². The maximum absolute atomic E-state index is 10.4. The van der Waals surface area contributed by atoms with Gasteiger partial charge in [0.05, 0.1) is 25.4 Å². The summed E-state index contributed by atoms with van der Waals surface area (Å²) >= 11 is 0. The third kappa shape index (κ3) is 6.54. The summed E-state index contributed by atoms with van der Waals surface area (Å²) in [6, 6.07) is 20.4. The third-order valence-electron chi connectivity index (χ3n) is 4.63. The van der Waals surface area contributed by atoms with E-state index in [1.807, 2.05) is 36.4 Å². The van der Waals surface area contributed by atoms with Crippen LogP contribution in [0.25, 0.3) is 0 Å². The van der Waals surface area contributed by atoms with Crippen LogP contribution in [0.2, 0.25) is 0 Å². The maximum Gasteiger partial charge on any atom is 0.0900 e. The van der Waals surface area contributed by atoms with Crippen molar-refractivity contribution in [2.45, 2.75) is 38.2 Å². The third-order valence-corrected chi connectivity index (χ3v) is 4.63. The first-order valence-corrected chi connectivity index (χ1v) is 9.47. The standard InChI is InChI=1S/C22H29NO3/c24-21(18-25-17-20-10-5-2-6-11-20)15-23(16-22-12-7-13-26-22)14-19-8-3-1-4-9-19/h1-6,8-11,21-22,24H,7,12-18H2. The molecule has 0 aromatic heterocycles. The van der Waals surface area contributed by atoms with E-state index in [1.165, 1.54) is 5.56 Å². The molecule has 140 valence electrons. The largest absolute Gasteiger partial charge is 0.389 e. The van der Waals surface area contributed by atoms with Gasteiger partial charge in [0.1, 0.15) is 0 Å². The molecule has 2 atom stereocenters. The fourth-order valence-corrected chi connectivity index (χ4v) is 3.36. The van der Waals surface area contributed by atoms with Crippen LogP contribution in [0.4, 0.5) is 0 Å². The molecule has 0 bridgehead atoms. The van der Waals surface area contributed by atoms with Crippen molar-refractivity contribution < 1.29 is 14.6 Å². The zero-order valence-electron chi connectivity index (χ0n) is 15.3. The second-order valence-electron chi connectivity index (χ2n) is 6.97. The van der Waals surface area contributed by atoms with Gasteiger partial charge in [0, 0.05) is 26.2 Å². The normalized spacial score (nSPS) is 18.3. The molecule has 1 aliphatic heterocycles. The minimum Gasteiger partial charge on any atom is -0.389 e. The van der Waals surface area contributed by atoms with Gasteiger partial charge in [-0.3, -0.25) is 4.90 Å². The highest BCUT2D eigenvalue weighted by atomic mass is 16.5. The van der Waals surface area contributed by atoms with Crippen LogP contribution in [-0.4, -0.2) is 48.5 Å². The fraction of sp³-hybridized carbons (Fsp3) is 0.455. The molecule has 1 N–H and O–H groups in total. The van der Waals surface area contributed by atoms with Crippen molar-refractivity contribution in [3.05, 3.63) is 71.8 Å². The molecule has 2 aromatic rings. The van der Waals surface area contributed by atoms with E-state index in [0.29, 0.717) is 19.8 Å². The number of hydrogen-bond donors (Lipinski definition) is 1. The smallest absolute Gasteiger partial charge is 0.0900 e. The molecule has 2 unspecified atom stereocenters. The minimum atomic E-state index is -0.510. The second kappa shape index (κ2) is 10.4. The number of hydrogen-bond acceptors (Lipinski definition) is 4. The van der Waals surface area contributed by atoms with Gasteiger partial charge in [-0.2, -0.15) is 0 Å². The number of ether oxygens (including phenoxy) is 2. The van der Waals surface area contributed by atoms with E-state index in [1.54, 1.807) is 0 Å². The predicted octanol–water partition coefficient (Wildman–Crippen LogP) is 3.25. The molecule has 0 saturated carbocycles. The number of aliphatic hydroxyl groups is 1. The van der Waals surface area contributed by atoms with Crippen molar-refractivity contribution in [1.82, 2.24) is 4.90 Å². The van der Waals surface area contributed by atoms with Gasteiger partial charge in [0.25, 0.3) is 0 Å². The van der Waals surface area contributed by atoms with Crippen LogP contribution in [0.5, 0.6) is 0 Å². The van der Waals surface area contributed by atoms with Gasteiger partial charge in [-0.1, -0.05) is 60.7 Å². The fourth-order valence-electron chi connectivity index (χ4n) is 3.36. The van der Waals surface area contributed by atoms with Crippen molar-refractivity contribution in [3.8, 4) is 0 Å². The van der Waals surface area contributed by atoms with Gasteiger partial charge in [-0.15, -0.1) is 0 Å². The van der Waals surface area contributed by atoms with Crippen LogP contribution in [-0.2, 0) is 22.6 Å². The van der Waals surface area contributed by atoms with E-state index in [-0.39, 0.29) is 6.10 Å². The molecule has 1 heterocycles. The number of aliphatic hydroxyl groups excluding tert-OH is 1. The summed E-state index contributed by atoms with van der Waals surface area (Å²) in [7, 11) is 0. The Labute approximate surface area is 156 Å². The van der Waals surface area contributed by atoms with Gasteiger partial charge >= 0.3 is 0 Å². The van der Waals surface area contributed by atoms with Crippen LogP contribution < -0.4 is 0 Å². The quantitative estimate of drug-likeness (QED) is 0.710. The van der Waals surface area contributed by atoms with Crippen molar-refractivity contribution in [2.24, 2.45) is 0 Å². The molecule has 4 nitrogen and oxygen atoms in total. The first kappa shape index (κ1) is 19.1. The Morgan fingerprint density at radius 3 is 2.38 bits per heavy atom. The lowest BCUT2D eigenvalue weighted by atomic mass is 10.1. The first-order chi connectivity index (χ1) is 12.8. The van der Waals surface area contributed by atoms with E-state index in [9.17, 15) is 5.11 Å². The van der Waals surface area contributed by atoms with E-state index in [0.717, 1.165) is 38.1 Å². The summed E-state index contributed by atoms with van der Waals surface area (Å²) in [6.45, 7) is 3.98. The second-order valence-corrected chi connectivity index (χ2v) is 6.97. The topological polar surface area (TPSA) is 41.9 Å². The van der Waals surface area contributed by atoms with Crippen molar-refractivity contribution in [3.63, 3.8) is 0 Å². The molecule has 1 fully saturated rings. The lowest BCUT2D eigenvalue weighted by Gasteiger charge is -2.27. The van der Waals surface area contributed by atoms with Crippen molar-refractivity contribution >= 4 is 0 Å². The summed E-state index contributed by atoms with van der Waals surface area (Å²) in [5.74, 6) is 0. The lowest BCUT2D eigenvalue weighted by molar-refractivity contribution is -0.00287. The Morgan fingerprint density at radius 2 is 1.73 bits per heavy atom. The Morgan fingerprint density at radius 1 is 1.04 bits per heavy atom. The highest BCUT2D eigenvalue weighted by Gasteiger charge is 2.21. The van der Waals surface area contributed by atoms with E-state index in [4.69, 9.17) is 9.47 Å². The molecule has 4 heteroatoms. The summed E-state index contributed by atoms with van der Waals surface area (Å²) in [6.07, 6.45) is 2.00. The molecule has 0 aliphatic carbocycles. The molecule has 3 rings (SSSR count). The molecule has 0 radical (unpaired) electrons. The molecular weight excluding hydrogens is 326 g/mol. The van der Waals surface area contributed by atoms with Gasteiger partial charge in [-0.25, -0.2) is 0 Å². The van der Waals surface area contributed by atoms with E-state index in [2.05, 4.69) is 29.2 Å². The zero-order valence-corrected chi connectivity index (χ0v) is 15.3. The predicted molar refractivity (Wildman–Crippen MR) is 103 cm³/mol. The van der Waals surface area contributed by atoms with Crippen LogP contribution in [0.1, 0.15) is 24.0 Å². The van der Waals surface area contributed by atoms with Crippen LogP contribution in [0.3, 0.4) is 0 Å². The lowest BCUT2D eigenvalue weighted by Crippen LogP contribution is -2.39. The molecule has 2 aromatic carbocycles. The summed E-state index contributed by atoms with van der Waals surface area (Å²) in [5.41, 5.74) is 2.38. The van der Waals surface area contributed by atoms with E-state index < -0.39 is 6.10 Å². The van der Waals surface area contributed by atoms with E-state index >= 15 is 0 Å². The SMILES string of the molecule is OC(COCc1ccccc1)CN(Cc1ccccc1)CC1CCCO1. The monoisotopic (exact) mass is 355 g/mol. The van der Waals surface area contributed by atoms with Crippen LogP contribution in [0.15, 0.2) is 60.7 Å². The Balaban J connectivity index is 1.48. The van der Waals surface area contributed by atoms with Crippen LogP contribution in [0, 0.1) is 0 Å². The minimum absolute atomic E-state index is 0.274. The summed E-state index contributed by atoms with van der Waals surface area (Å²) < 4.78 is 11.5. The average molecular weight is 355 g/mol. The highest BCUT2D eigenvalue weighted by Crippen LogP contribution is 2.15. The average Bonchev–Trinajstić information content (AvgIpc) is 3.16. The number of rotatable bonds is 10. The number of benzene rings is 2. The van der Waals surface area contributed by atoms with Gasteiger partial charge in [0.2, 0.25) is 0 Å². The zero-order chi connectivity index (χ0) is 18.0. The molecule has 0 amide bonds. The maximum atomic E-state index is 10.4.